The normalized spacial score (nSPS) is 14.1. The summed E-state index contributed by atoms with van der Waals surface area (Å²) in [5.74, 6) is -2.53. The Morgan fingerprint density at radius 2 is 1.73 bits per heavy atom. The Hall–Kier alpha value is -2.09. The lowest BCUT2D eigenvalue weighted by molar-refractivity contribution is -0.261. The molecule has 0 aliphatic heterocycles. The summed E-state index contributed by atoms with van der Waals surface area (Å²) in [6.45, 7) is 0.938. The third-order valence-corrected chi connectivity index (χ3v) is 2.91. The van der Waals surface area contributed by atoms with Crippen LogP contribution in [0.25, 0.3) is 0 Å². The van der Waals surface area contributed by atoms with E-state index in [0.717, 1.165) is 0 Å². The van der Waals surface area contributed by atoms with Gasteiger partial charge in [-0.15, -0.1) is 0 Å². The van der Waals surface area contributed by atoms with Gasteiger partial charge in [0.2, 0.25) is 0 Å². The summed E-state index contributed by atoms with van der Waals surface area (Å²) in [6, 6.07) is 5.24. The molecule has 0 fully saturated rings. The summed E-state index contributed by atoms with van der Waals surface area (Å²) in [5.41, 5.74) is -3.97. The Labute approximate surface area is 124 Å². The number of alkyl halides is 3. The van der Waals surface area contributed by atoms with Crippen molar-refractivity contribution in [3.8, 4) is 5.75 Å². The van der Waals surface area contributed by atoms with E-state index < -0.39 is 30.0 Å². The summed E-state index contributed by atoms with van der Waals surface area (Å²) in [5, 5.41) is 9.63. The van der Waals surface area contributed by atoms with Gasteiger partial charge in [-0.1, -0.05) is 0 Å². The van der Waals surface area contributed by atoms with Gasteiger partial charge in [0.25, 0.3) is 5.60 Å². The number of esters is 1. The second-order valence-corrected chi connectivity index (χ2v) is 4.41. The van der Waals surface area contributed by atoms with E-state index in [4.69, 9.17) is 4.74 Å². The van der Waals surface area contributed by atoms with Gasteiger partial charge in [0, 0.05) is 5.56 Å². The minimum Gasteiger partial charge on any atom is -0.497 e. The Balaban J connectivity index is 3.03. The maximum Gasteiger partial charge on any atom is 0.428 e. The van der Waals surface area contributed by atoms with Crippen LogP contribution in [0.15, 0.2) is 24.3 Å². The van der Waals surface area contributed by atoms with Crippen LogP contribution >= 0.6 is 0 Å². The molecule has 1 aromatic carbocycles. The van der Waals surface area contributed by atoms with E-state index in [-0.39, 0.29) is 12.2 Å². The maximum atomic E-state index is 12.9. The Bertz CT molecular complexity index is 538. The quantitative estimate of drug-likeness (QED) is 0.642. The zero-order valence-corrected chi connectivity index (χ0v) is 11.9. The molecule has 0 saturated carbocycles. The first kappa shape index (κ1) is 18.0. The lowest BCUT2D eigenvalue weighted by Crippen LogP contribution is -2.54. The van der Waals surface area contributed by atoms with Crippen LogP contribution < -0.4 is 4.74 Å². The predicted octanol–water partition coefficient (Wildman–Crippen LogP) is 2.12. The molecule has 1 atom stereocenters. The highest BCUT2D eigenvalue weighted by Crippen LogP contribution is 2.35. The number of Topliss-reactive ketones (excluding diaryl/α,β-unsaturated/α-hetero) is 1. The Kier molecular flexibility index (Phi) is 5.54. The van der Waals surface area contributed by atoms with Gasteiger partial charge in [-0.25, -0.2) is 4.79 Å². The van der Waals surface area contributed by atoms with E-state index in [1.165, 1.54) is 38.3 Å². The molecule has 1 rings (SSSR count). The van der Waals surface area contributed by atoms with Crippen LogP contribution in [0.1, 0.15) is 23.7 Å². The highest BCUT2D eigenvalue weighted by Gasteiger charge is 2.61. The van der Waals surface area contributed by atoms with Crippen molar-refractivity contribution in [1.29, 1.82) is 0 Å². The first-order valence-corrected chi connectivity index (χ1v) is 6.29. The van der Waals surface area contributed by atoms with Crippen LogP contribution in [-0.4, -0.2) is 42.4 Å². The van der Waals surface area contributed by atoms with Crippen LogP contribution in [-0.2, 0) is 9.53 Å². The second kappa shape index (κ2) is 6.78. The third kappa shape index (κ3) is 3.76. The van der Waals surface area contributed by atoms with Crippen molar-refractivity contribution < 1.29 is 37.3 Å². The fourth-order valence-corrected chi connectivity index (χ4v) is 1.65. The molecule has 0 radical (unpaired) electrons. The summed E-state index contributed by atoms with van der Waals surface area (Å²) in [7, 11) is 1.39. The number of carbonyl (C=O) groups excluding carboxylic acids is 2. The van der Waals surface area contributed by atoms with Crippen LogP contribution in [0, 0.1) is 0 Å². The largest absolute Gasteiger partial charge is 0.497 e. The molecule has 0 spiro atoms. The van der Waals surface area contributed by atoms with Gasteiger partial charge in [-0.05, 0) is 31.2 Å². The number of halogens is 3. The maximum absolute atomic E-state index is 12.9. The van der Waals surface area contributed by atoms with Gasteiger partial charge >= 0.3 is 12.1 Å². The van der Waals surface area contributed by atoms with Crippen LogP contribution in [0.5, 0.6) is 5.75 Å². The fourth-order valence-electron chi connectivity index (χ4n) is 1.65. The SMILES string of the molecule is CCOC(=O)[C@@](O)(CC(=O)c1ccc(OC)cc1)C(F)(F)F. The van der Waals surface area contributed by atoms with Gasteiger partial charge in [0.15, 0.2) is 5.78 Å². The molecule has 8 heteroatoms. The van der Waals surface area contributed by atoms with Gasteiger partial charge < -0.3 is 14.6 Å². The van der Waals surface area contributed by atoms with Crippen molar-refractivity contribution in [1.82, 2.24) is 0 Å². The number of benzene rings is 1. The standard InChI is InChI=1S/C14H15F3O5/c1-3-22-12(19)13(20,14(15,16)17)8-11(18)9-4-6-10(21-2)7-5-9/h4-7,20H,3,8H2,1-2H3/t13-/m0/s1. The van der Waals surface area contributed by atoms with E-state index in [9.17, 15) is 27.9 Å². The zero-order chi connectivity index (χ0) is 17.0. The molecular formula is C14H15F3O5. The summed E-state index contributed by atoms with van der Waals surface area (Å²) < 4.78 is 47.9. The molecule has 0 bridgehead atoms. The smallest absolute Gasteiger partial charge is 0.428 e. The van der Waals surface area contributed by atoms with Gasteiger partial charge in [-0.3, -0.25) is 4.79 Å². The lowest BCUT2D eigenvalue weighted by atomic mass is 9.93. The number of carbonyl (C=O) groups is 2. The highest BCUT2D eigenvalue weighted by molar-refractivity contribution is 6.00. The van der Waals surface area contributed by atoms with Crippen LogP contribution in [0.2, 0.25) is 0 Å². The molecule has 1 N–H and O–H groups in total. The molecule has 0 saturated heterocycles. The topological polar surface area (TPSA) is 72.8 Å². The van der Waals surface area contributed by atoms with Gasteiger partial charge in [0.05, 0.1) is 20.1 Å². The molecule has 0 aliphatic carbocycles. The van der Waals surface area contributed by atoms with Crippen LogP contribution in [0.4, 0.5) is 13.2 Å². The lowest BCUT2D eigenvalue weighted by Gasteiger charge is -2.27. The van der Waals surface area contributed by atoms with Crippen molar-refractivity contribution in [2.75, 3.05) is 13.7 Å². The average molecular weight is 320 g/mol. The molecule has 122 valence electrons. The van der Waals surface area contributed by atoms with Crippen molar-refractivity contribution in [2.45, 2.75) is 25.1 Å². The Morgan fingerprint density at radius 3 is 2.14 bits per heavy atom. The third-order valence-electron chi connectivity index (χ3n) is 2.91. The number of hydrogen-bond donors (Lipinski definition) is 1. The molecule has 1 aromatic rings. The highest BCUT2D eigenvalue weighted by atomic mass is 19.4. The minimum atomic E-state index is -5.33. The monoisotopic (exact) mass is 320 g/mol. The molecule has 22 heavy (non-hydrogen) atoms. The second-order valence-electron chi connectivity index (χ2n) is 4.41. The predicted molar refractivity (Wildman–Crippen MR) is 69.6 cm³/mol. The number of ketones is 1. The molecule has 0 aromatic heterocycles. The zero-order valence-electron chi connectivity index (χ0n) is 11.9. The van der Waals surface area contributed by atoms with E-state index >= 15 is 0 Å². The van der Waals surface area contributed by atoms with E-state index in [1.54, 1.807) is 0 Å². The van der Waals surface area contributed by atoms with E-state index in [1.807, 2.05) is 0 Å². The fraction of sp³-hybridized carbons (Fsp3) is 0.429. The number of methoxy groups -OCH3 is 1. The summed E-state index contributed by atoms with van der Waals surface area (Å²) in [4.78, 5) is 23.3. The molecule has 5 nitrogen and oxygen atoms in total. The average Bonchev–Trinajstić information content (AvgIpc) is 2.46. The molecule has 0 unspecified atom stereocenters. The molecular weight excluding hydrogens is 305 g/mol. The molecule has 0 heterocycles. The Morgan fingerprint density at radius 1 is 1.18 bits per heavy atom. The van der Waals surface area contributed by atoms with Crippen molar-refractivity contribution in [3.63, 3.8) is 0 Å². The van der Waals surface area contributed by atoms with Crippen molar-refractivity contribution >= 4 is 11.8 Å². The minimum absolute atomic E-state index is 0.0900. The summed E-state index contributed by atoms with van der Waals surface area (Å²) in [6.07, 6.45) is -6.79. The van der Waals surface area contributed by atoms with Gasteiger partial charge in [0.1, 0.15) is 5.75 Å². The van der Waals surface area contributed by atoms with Gasteiger partial charge in [-0.2, -0.15) is 13.2 Å². The van der Waals surface area contributed by atoms with E-state index in [2.05, 4.69) is 4.74 Å². The number of rotatable bonds is 6. The number of aliphatic hydroxyl groups is 1. The number of ether oxygens (including phenoxy) is 2. The summed E-state index contributed by atoms with van der Waals surface area (Å²) >= 11 is 0. The van der Waals surface area contributed by atoms with Crippen LogP contribution in [0.3, 0.4) is 0 Å². The molecule has 0 amide bonds. The molecule has 0 aliphatic rings. The van der Waals surface area contributed by atoms with Crippen molar-refractivity contribution in [2.24, 2.45) is 0 Å². The first-order valence-electron chi connectivity index (χ1n) is 6.29. The number of hydrogen-bond acceptors (Lipinski definition) is 5. The van der Waals surface area contributed by atoms with Crippen molar-refractivity contribution in [3.05, 3.63) is 29.8 Å². The first-order chi connectivity index (χ1) is 10.2. The van der Waals surface area contributed by atoms with E-state index in [0.29, 0.717) is 5.75 Å².